The number of hydrogen-bond donors (Lipinski definition) is 1. The van der Waals surface area contributed by atoms with Gasteiger partial charge in [0, 0.05) is 28.5 Å². The topological polar surface area (TPSA) is 61.5 Å². The lowest BCUT2D eigenvalue weighted by Crippen LogP contribution is -2.03. The Morgan fingerprint density at radius 3 is 1.77 bits per heavy atom. The largest absolute Gasteiger partial charge is 0.282 e. The van der Waals surface area contributed by atoms with Crippen molar-refractivity contribution in [1.29, 1.82) is 5.41 Å². The number of aryl methyl sites for hydroxylation is 2. The highest BCUT2D eigenvalue weighted by atomic mass is 32.1. The van der Waals surface area contributed by atoms with Gasteiger partial charge < -0.3 is 0 Å². The Labute approximate surface area is 424 Å². The van der Waals surface area contributed by atoms with Gasteiger partial charge in [0.15, 0.2) is 11.7 Å². The molecular formula is C66H54N4S. The molecule has 1 aromatic heterocycles. The summed E-state index contributed by atoms with van der Waals surface area (Å²) in [4.78, 5) is 13.2. The van der Waals surface area contributed by atoms with Crippen molar-refractivity contribution in [3.05, 3.63) is 251 Å². The summed E-state index contributed by atoms with van der Waals surface area (Å²) in [6.45, 7) is 14.0. The van der Waals surface area contributed by atoms with E-state index in [2.05, 4.69) is 164 Å². The van der Waals surface area contributed by atoms with Gasteiger partial charge in [-0.2, -0.15) is 13.5 Å². The molecule has 2 aliphatic carbocycles. The smallest absolute Gasteiger partial charge is 0.161 e. The summed E-state index contributed by atoms with van der Waals surface area (Å²) in [6, 6.07) is 57.2. The zero-order valence-corrected chi connectivity index (χ0v) is 40.9. The fourth-order valence-corrected chi connectivity index (χ4v) is 9.59. The summed E-state index contributed by atoms with van der Waals surface area (Å²) >= 11 is 0. The van der Waals surface area contributed by atoms with Crippen molar-refractivity contribution in [2.24, 2.45) is 9.98 Å². The van der Waals surface area contributed by atoms with E-state index in [-0.39, 0.29) is 19.3 Å². The third-order valence-corrected chi connectivity index (χ3v) is 13.2. The highest BCUT2D eigenvalue weighted by molar-refractivity contribution is 7.59. The van der Waals surface area contributed by atoms with Gasteiger partial charge in [-0.3, -0.25) is 10.4 Å². The average Bonchev–Trinajstić information content (AvgIpc) is 3.68. The molecule has 1 heterocycles. The minimum Gasteiger partial charge on any atom is -0.282 e. The maximum absolute atomic E-state index is 8.38. The number of pyridine rings is 1. The number of rotatable bonds is 8. The summed E-state index contributed by atoms with van der Waals surface area (Å²) in [6.07, 6.45) is 22.3. The number of nitrogens with zero attached hydrogens (tertiary/aromatic N) is 3. The van der Waals surface area contributed by atoms with Crippen LogP contribution in [0.2, 0.25) is 0 Å². The van der Waals surface area contributed by atoms with Crippen LogP contribution in [-0.2, 0) is 6.42 Å². The molecule has 11 rings (SSSR count). The van der Waals surface area contributed by atoms with Gasteiger partial charge in [0.25, 0.3) is 0 Å². The van der Waals surface area contributed by atoms with Crippen LogP contribution in [0, 0.1) is 12.3 Å². The molecule has 8 aromatic carbocycles. The SMILES string of the molecule is C=Cc1cc(-c2ccc(-c3cc(C)cc(-c4ccc(-c5nccc6c5C=CCC6)cc4)c3)cc2)c2c(c1C=C)C=CCC=C2.C=NC(=NC(=N)c1ccc2ccccc2c1)c1ccc2ccccc2c1.S. The second-order valence-corrected chi connectivity index (χ2v) is 17.7. The number of nitrogens with one attached hydrogen (secondary N) is 1. The number of fused-ring (bicyclic) bond motifs is 4. The van der Waals surface area contributed by atoms with E-state index in [4.69, 9.17) is 10.4 Å². The zero-order chi connectivity index (χ0) is 48.0. The number of benzene rings is 8. The Kier molecular flexibility index (Phi) is 14.3. The summed E-state index contributed by atoms with van der Waals surface area (Å²) in [5.41, 5.74) is 19.6. The lowest BCUT2D eigenvalue weighted by Gasteiger charge is -2.16. The molecule has 0 spiro atoms. The fourth-order valence-electron chi connectivity index (χ4n) is 9.59. The minimum absolute atomic E-state index is 0. The van der Waals surface area contributed by atoms with Gasteiger partial charge in [-0.1, -0.05) is 195 Å². The molecule has 0 aliphatic heterocycles. The van der Waals surface area contributed by atoms with Gasteiger partial charge in [-0.25, -0.2) is 9.98 Å². The maximum atomic E-state index is 8.38. The first-order valence-corrected chi connectivity index (χ1v) is 23.8. The van der Waals surface area contributed by atoms with Crippen LogP contribution in [0.3, 0.4) is 0 Å². The monoisotopic (exact) mass is 934 g/mol. The predicted molar refractivity (Wildman–Crippen MR) is 312 cm³/mol. The standard InChI is InChI=1S/C43H35N.C23H17N3.H2S/c1-4-30-28-42(41-14-8-6-7-13-40(41)38(30)5-2)34-19-15-31(16-20-34)36-25-29(3)26-37(27-36)32-17-21-35(22-18-32)43-39-12-10-9-11-33(39)23-24-44-43;1-25-23(21-13-11-17-7-3-5-9-19(17)15-21)26-22(24)20-12-10-16-6-2-4-8-18(16)14-20;/h4-5,7-8,10,12-28H,1-2,6,9,11H2,3H3;2-15,24H,1H2;1H2. The van der Waals surface area contributed by atoms with E-state index in [1.807, 2.05) is 91.1 Å². The molecule has 71 heavy (non-hydrogen) atoms. The van der Waals surface area contributed by atoms with Gasteiger partial charge in [-0.15, -0.1) is 0 Å². The Morgan fingerprint density at radius 2 is 1.14 bits per heavy atom. The normalized spacial score (nSPS) is 12.4. The highest BCUT2D eigenvalue weighted by Gasteiger charge is 2.16. The Morgan fingerprint density at radius 1 is 0.563 bits per heavy atom. The fraction of sp³-hybridized carbons (Fsp3) is 0.0606. The number of aliphatic imine (C=N–C) groups is 2. The van der Waals surface area contributed by atoms with Crippen LogP contribution in [0.5, 0.6) is 0 Å². The quantitative estimate of drug-likeness (QED) is 0.120. The summed E-state index contributed by atoms with van der Waals surface area (Å²) in [5.74, 6) is 0.625. The van der Waals surface area contributed by atoms with Gasteiger partial charge in [0.05, 0.1) is 5.69 Å². The minimum atomic E-state index is 0. The molecule has 0 radical (unpaired) electrons. The van der Waals surface area contributed by atoms with E-state index < -0.39 is 0 Å². The lowest BCUT2D eigenvalue weighted by molar-refractivity contribution is 0.978. The van der Waals surface area contributed by atoms with Gasteiger partial charge in [0.2, 0.25) is 0 Å². The Balaban J connectivity index is 0.000000197. The number of aromatic nitrogens is 1. The van der Waals surface area contributed by atoms with Crippen molar-refractivity contribution in [3.63, 3.8) is 0 Å². The molecule has 0 bridgehead atoms. The molecule has 344 valence electrons. The van der Waals surface area contributed by atoms with Crippen LogP contribution in [-0.4, -0.2) is 23.4 Å². The molecule has 1 N–H and O–H groups in total. The molecule has 0 unspecified atom stereocenters. The van der Waals surface area contributed by atoms with E-state index >= 15 is 0 Å². The molecule has 0 fully saturated rings. The van der Waals surface area contributed by atoms with Crippen LogP contribution in [0.15, 0.2) is 211 Å². The Bertz CT molecular complexity index is 3650. The summed E-state index contributed by atoms with van der Waals surface area (Å²) < 4.78 is 0. The average molecular weight is 935 g/mol. The number of allylic oxidation sites excluding steroid dienone is 3. The molecular weight excluding hydrogens is 881 g/mol. The van der Waals surface area contributed by atoms with Gasteiger partial charge >= 0.3 is 0 Å². The maximum Gasteiger partial charge on any atom is 0.161 e. The van der Waals surface area contributed by atoms with Gasteiger partial charge in [0.1, 0.15) is 0 Å². The number of amidine groups is 2. The van der Waals surface area contributed by atoms with Crippen LogP contribution < -0.4 is 0 Å². The van der Waals surface area contributed by atoms with E-state index in [1.54, 1.807) is 0 Å². The van der Waals surface area contributed by atoms with Crippen molar-refractivity contribution in [1.82, 2.24) is 4.98 Å². The van der Waals surface area contributed by atoms with Crippen molar-refractivity contribution >= 4 is 83.8 Å². The van der Waals surface area contributed by atoms with Crippen molar-refractivity contribution in [2.75, 3.05) is 0 Å². The van der Waals surface area contributed by atoms with Gasteiger partial charge in [-0.05, 0) is 152 Å². The molecule has 2 aliphatic rings. The molecule has 0 saturated carbocycles. The van der Waals surface area contributed by atoms with Crippen molar-refractivity contribution < 1.29 is 0 Å². The van der Waals surface area contributed by atoms with E-state index in [9.17, 15) is 0 Å². The second kappa shape index (κ2) is 21.4. The predicted octanol–water partition coefficient (Wildman–Crippen LogP) is 17.3. The molecule has 0 saturated heterocycles. The highest BCUT2D eigenvalue weighted by Crippen LogP contribution is 2.38. The van der Waals surface area contributed by atoms with Crippen LogP contribution in [0.1, 0.15) is 62.9 Å². The van der Waals surface area contributed by atoms with Crippen molar-refractivity contribution in [2.45, 2.75) is 26.2 Å². The van der Waals surface area contributed by atoms with Crippen LogP contribution in [0.4, 0.5) is 0 Å². The molecule has 0 amide bonds. The van der Waals surface area contributed by atoms with Crippen LogP contribution >= 0.6 is 13.5 Å². The van der Waals surface area contributed by atoms with E-state index in [0.29, 0.717) is 5.84 Å². The first kappa shape index (κ1) is 47.6. The molecule has 0 atom stereocenters. The third-order valence-electron chi connectivity index (χ3n) is 13.2. The first-order valence-electron chi connectivity index (χ1n) is 23.8. The van der Waals surface area contributed by atoms with E-state index in [1.165, 1.54) is 61.2 Å². The van der Waals surface area contributed by atoms with E-state index in [0.717, 1.165) is 74.3 Å². The second-order valence-electron chi connectivity index (χ2n) is 17.7. The van der Waals surface area contributed by atoms with Crippen LogP contribution in [0.25, 0.3) is 96.6 Å². The zero-order valence-electron chi connectivity index (χ0n) is 39.9. The first-order chi connectivity index (χ1) is 34.4. The lowest BCUT2D eigenvalue weighted by atomic mass is 9.87. The summed E-state index contributed by atoms with van der Waals surface area (Å²) in [7, 11) is 0. The number of hydrogen-bond acceptors (Lipinski definition) is 2. The molecule has 5 heteroatoms. The third kappa shape index (κ3) is 10.1. The molecule has 4 nitrogen and oxygen atoms in total. The Hall–Kier alpha value is -8.51. The molecule has 9 aromatic rings. The van der Waals surface area contributed by atoms with Crippen molar-refractivity contribution in [3.8, 4) is 44.6 Å². The summed E-state index contributed by atoms with van der Waals surface area (Å²) in [5, 5.41) is 12.9.